The zero-order valence-corrected chi connectivity index (χ0v) is 16.6. The van der Waals surface area contributed by atoms with Crippen molar-refractivity contribution in [2.75, 3.05) is 45.7 Å². The zero-order chi connectivity index (χ0) is 19.7. The number of piperidine rings is 1. The van der Waals surface area contributed by atoms with Crippen LogP contribution in [0.3, 0.4) is 0 Å². The third kappa shape index (κ3) is 4.15. The van der Waals surface area contributed by atoms with Crippen molar-refractivity contribution in [3.8, 4) is 5.75 Å². The third-order valence-electron chi connectivity index (χ3n) is 5.97. The van der Waals surface area contributed by atoms with E-state index in [0.29, 0.717) is 37.0 Å². The predicted octanol–water partition coefficient (Wildman–Crippen LogP) is 1.74. The average molecular weight is 387 g/mol. The number of nitrogens with one attached hydrogen (secondary N) is 1. The maximum Gasteiger partial charge on any atom is 0.254 e. The van der Waals surface area contributed by atoms with E-state index in [4.69, 9.17) is 9.47 Å². The lowest BCUT2D eigenvalue weighted by Gasteiger charge is -2.48. The number of amides is 2. The van der Waals surface area contributed by atoms with Crippen LogP contribution in [0.25, 0.3) is 0 Å². The number of hydrogen-bond acceptors (Lipinski definition) is 5. The molecule has 0 bridgehead atoms. The summed E-state index contributed by atoms with van der Waals surface area (Å²) >= 11 is 0. The van der Waals surface area contributed by atoms with Crippen molar-refractivity contribution in [1.82, 2.24) is 9.80 Å². The summed E-state index contributed by atoms with van der Waals surface area (Å²) in [6.07, 6.45) is 3.09. The standard InChI is InChI=1S/C21H29N3O4/c1-23-13-18(19(25)22-16-4-3-5-17(12-16)27-2)28-21(14-23)8-10-24(11-9-21)20(26)15-6-7-15/h3-5,12,15,18H,6-11,13-14H2,1-2H3,(H,22,25)/t18-/m0/s1. The average Bonchev–Trinajstić information content (AvgIpc) is 3.53. The van der Waals surface area contributed by atoms with Gasteiger partial charge in [-0.15, -0.1) is 0 Å². The summed E-state index contributed by atoms with van der Waals surface area (Å²) in [5.74, 6) is 1.11. The SMILES string of the molecule is COc1cccc(NC(=O)[C@@H]2CN(C)CC3(CCN(C(=O)C4CC4)CC3)O2)c1. The van der Waals surface area contributed by atoms with E-state index in [1.807, 2.05) is 30.1 Å². The van der Waals surface area contributed by atoms with Crippen molar-refractivity contribution in [3.05, 3.63) is 24.3 Å². The molecule has 3 fully saturated rings. The molecule has 3 aliphatic rings. The Kier molecular flexibility index (Phi) is 5.29. The molecule has 152 valence electrons. The maximum atomic E-state index is 12.8. The number of nitrogens with zero attached hydrogens (tertiary/aromatic N) is 2. The van der Waals surface area contributed by atoms with E-state index in [9.17, 15) is 9.59 Å². The molecule has 2 amide bonds. The Balaban J connectivity index is 1.38. The Morgan fingerprint density at radius 1 is 1.25 bits per heavy atom. The van der Waals surface area contributed by atoms with Crippen LogP contribution in [0.15, 0.2) is 24.3 Å². The molecular formula is C21H29N3O4. The fourth-order valence-corrected chi connectivity index (χ4v) is 4.27. The molecule has 0 unspecified atom stereocenters. The van der Waals surface area contributed by atoms with Gasteiger partial charge in [-0.1, -0.05) is 6.07 Å². The highest BCUT2D eigenvalue weighted by molar-refractivity contribution is 5.94. The molecule has 4 rings (SSSR count). The molecule has 7 heteroatoms. The maximum absolute atomic E-state index is 12.8. The van der Waals surface area contributed by atoms with Crippen LogP contribution >= 0.6 is 0 Å². The lowest BCUT2D eigenvalue weighted by Crippen LogP contribution is -2.61. The molecule has 2 aliphatic heterocycles. The number of carbonyl (C=O) groups excluding carboxylic acids is 2. The van der Waals surface area contributed by atoms with Gasteiger partial charge < -0.3 is 24.6 Å². The number of methoxy groups -OCH3 is 1. The summed E-state index contributed by atoms with van der Waals surface area (Å²) in [5.41, 5.74) is 0.337. The lowest BCUT2D eigenvalue weighted by molar-refractivity contribution is -0.180. The van der Waals surface area contributed by atoms with Crippen LogP contribution in [0.1, 0.15) is 25.7 Å². The molecule has 1 aromatic carbocycles. The molecule has 1 saturated carbocycles. The first-order valence-electron chi connectivity index (χ1n) is 10.1. The van der Waals surface area contributed by atoms with Crippen molar-refractivity contribution >= 4 is 17.5 Å². The van der Waals surface area contributed by atoms with E-state index >= 15 is 0 Å². The second kappa shape index (κ2) is 7.72. The minimum atomic E-state index is -0.532. The van der Waals surface area contributed by atoms with Gasteiger partial charge in [0.15, 0.2) is 0 Å². The van der Waals surface area contributed by atoms with Crippen LogP contribution in [-0.4, -0.2) is 73.7 Å². The Morgan fingerprint density at radius 2 is 2.00 bits per heavy atom. The first-order valence-corrected chi connectivity index (χ1v) is 10.1. The van der Waals surface area contributed by atoms with Crippen molar-refractivity contribution < 1.29 is 19.1 Å². The Labute approximate surface area is 166 Å². The summed E-state index contributed by atoms with van der Waals surface area (Å²) in [7, 11) is 3.63. The van der Waals surface area contributed by atoms with Gasteiger partial charge in [0.1, 0.15) is 11.9 Å². The van der Waals surface area contributed by atoms with E-state index in [0.717, 1.165) is 32.2 Å². The molecule has 28 heavy (non-hydrogen) atoms. The van der Waals surface area contributed by atoms with Gasteiger partial charge >= 0.3 is 0 Å². The zero-order valence-electron chi connectivity index (χ0n) is 16.6. The molecule has 1 aliphatic carbocycles. The van der Waals surface area contributed by atoms with Gasteiger partial charge in [-0.25, -0.2) is 0 Å². The number of benzene rings is 1. The van der Waals surface area contributed by atoms with Crippen molar-refractivity contribution in [3.63, 3.8) is 0 Å². The highest BCUT2D eigenvalue weighted by Gasteiger charge is 2.45. The van der Waals surface area contributed by atoms with Crippen LogP contribution < -0.4 is 10.1 Å². The Morgan fingerprint density at radius 3 is 2.68 bits per heavy atom. The number of rotatable bonds is 4. The van der Waals surface area contributed by atoms with Crippen LogP contribution in [0.5, 0.6) is 5.75 Å². The predicted molar refractivity (Wildman–Crippen MR) is 105 cm³/mol. The number of hydrogen-bond donors (Lipinski definition) is 1. The number of morpholine rings is 1. The van der Waals surface area contributed by atoms with Gasteiger partial charge in [-0.05, 0) is 44.9 Å². The van der Waals surface area contributed by atoms with Gasteiger partial charge in [0.05, 0.1) is 12.7 Å². The molecule has 2 saturated heterocycles. The topological polar surface area (TPSA) is 71.1 Å². The minimum Gasteiger partial charge on any atom is -0.497 e. The third-order valence-corrected chi connectivity index (χ3v) is 5.97. The summed E-state index contributed by atoms with van der Waals surface area (Å²) in [6, 6.07) is 7.32. The molecule has 7 nitrogen and oxygen atoms in total. The van der Waals surface area contributed by atoms with Gasteiger partial charge in [-0.2, -0.15) is 0 Å². The fraction of sp³-hybridized carbons (Fsp3) is 0.619. The minimum absolute atomic E-state index is 0.143. The van der Waals surface area contributed by atoms with Gasteiger partial charge in [-0.3, -0.25) is 9.59 Å². The number of likely N-dealkylation sites (tertiary alicyclic amines) is 1. The van der Waals surface area contributed by atoms with Crippen molar-refractivity contribution in [2.24, 2.45) is 5.92 Å². The quantitative estimate of drug-likeness (QED) is 0.852. The first-order chi connectivity index (χ1) is 13.5. The second-order valence-electron chi connectivity index (χ2n) is 8.31. The summed E-state index contributed by atoms with van der Waals surface area (Å²) < 4.78 is 11.6. The van der Waals surface area contributed by atoms with E-state index in [-0.39, 0.29) is 17.4 Å². The smallest absolute Gasteiger partial charge is 0.254 e. The Hall–Kier alpha value is -2.12. The number of likely N-dealkylation sites (N-methyl/N-ethyl adjacent to an activating group) is 1. The highest BCUT2D eigenvalue weighted by Crippen LogP contribution is 2.36. The summed E-state index contributed by atoms with van der Waals surface area (Å²) in [6.45, 7) is 2.78. The van der Waals surface area contributed by atoms with E-state index in [2.05, 4.69) is 10.2 Å². The van der Waals surface area contributed by atoms with E-state index in [1.165, 1.54) is 0 Å². The molecular weight excluding hydrogens is 358 g/mol. The number of anilines is 1. The van der Waals surface area contributed by atoms with E-state index in [1.54, 1.807) is 13.2 Å². The molecule has 1 atom stereocenters. The lowest BCUT2D eigenvalue weighted by atomic mass is 9.88. The normalized spacial score (nSPS) is 24.8. The summed E-state index contributed by atoms with van der Waals surface area (Å²) in [5, 5.41) is 2.94. The van der Waals surface area contributed by atoms with Crippen molar-refractivity contribution in [1.29, 1.82) is 0 Å². The Bertz CT molecular complexity index is 741. The van der Waals surface area contributed by atoms with Gasteiger partial charge in [0, 0.05) is 43.9 Å². The molecule has 2 heterocycles. The van der Waals surface area contributed by atoms with E-state index < -0.39 is 6.10 Å². The molecule has 1 spiro atoms. The van der Waals surface area contributed by atoms with Crippen LogP contribution in [0.2, 0.25) is 0 Å². The largest absolute Gasteiger partial charge is 0.497 e. The molecule has 0 aromatic heterocycles. The fourth-order valence-electron chi connectivity index (χ4n) is 4.27. The molecule has 0 radical (unpaired) electrons. The molecule has 1 aromatic rings. The van der Waals surface area contributed by atoms with Gasteiger partial charge in [0.25, 0.3) is 5.91 Å². The molecule has 1 N–H and O–H groups in total. The highest BCUT2D eigenvalue weighted by atomic mass is 16.5. The van der Waals surface area contributed by atoms with Crippen molar-refractivity contribution in [2.45, 2.75) is 37.4 Å². The number of ether oxygens (including phenoxy) is 2. The first kappa shape index (κ1) is 19.2. The number of carbonyl (C=O) groups is 2. The second-order valence-corrected chi connectivity index (χ2v) is 8.31. The monoisotopic (exact) mass is 387 g/mol. The van der Waals surface area contributed by atoms with Crippen LogP contribution in [0.4, 0.5) is 5.69 Å². The van der Waals surface area contributed by atoms with Crippen LogP contribution in [-0.2, 0) is 14.3 Å². The summed E-state index contributed by atoms with van der Waals surface area (Å²) in [4.78, 5) is 29.3. The van der Waals surface area contributed by atoms with Crippen LogP contribution in [0, 0.1) is 5.92 Å². The van der Waals surface area contributed by atoms with Gasteiger partial charge in [0.2, 0.25) is 5.91 Å².